The Labute approximate surface area is 253 Å². The summed E-state index contributed by atoms with van der Waals surface area (Å²) in [6.45, 7) is 14.4. The van der Waals surface area contributed by atoms with Crippen LogP contribution < -0.4 is 11.1 Å². The lowest BCUT2D eigenvalue weighted by Gasteiger charge is -2.42. The zero-order valence-corrected chi connectivity index (χ0v) is 27.3. The Morgan fingerprint density at radius 1 is 0.500 bits per heavy atom. The Morgan fingerprint density at radius 2 is 0.881 bits per heavy atom. The predicted octanol–water partition coefficient (Wildman–Crippen LogP) is 8.81. The lowest BCUT2D eigenvalue weighted by molar-refractivity contribution is 0.702. The first kappa shape index (κ1) is 30.1. The van der Waals surface area contributed by atoms with Crippen LogP contribution in [-0.4, -0.2) is 30.2 Å². The molecule has 0 saturated carbocycles. The van der Waals surface area contributed by atoms with Crippen LogP contribution in [0.3, 0.4) is 0 Å². The van der Waals surface area contributed by atoms with Crippen molar-refractivity contribution in [3.8, 4) is 22.3 Å². The minimum atomic E-state index is -1.01. The second-order valence-electron chi connectivity index (χ2n) is 12.5. The third-order valence-electron chi connectivity index (χ3n) is 7.37. The van der Waals surface area contributed by atoms with Crippen LogP contribution in [0.4, 0.5) is 0 Å². The molecule has 0 atom stereocenters. The Kier molecular flexibility index (Phi) is 9.26. The fourth-order valence-corrected chi connectivity index (χ4v) is 11.1. The maximum absolute atomic E-state index is 4.71. The van der Waals surface area contributed by atoms with Crippen molar-refractivity contribution in [2.75, 3.05) is 0 Å². The number of benzene rings is 3. The third kappa shape index (κ3) is 7.17. The standard InChI is InChI=1S/C36H40N4P2/c1-35(2,3)42(36(4,5)6)26-30-24-32(28-17-11-8-12-18-28)31(27-15-9-7-10-16-27)23-29(30)25-41(33-37-19-13-20-38-33)34-39-21-14-22-40-34/h7-24H,25-26H2,1-6H3. The van der Waals surface area contributed by atoms with Gasteiger partial charge in [-0.15, -0.1) is 0 Å². The molecule has 5 rings (SSSR count). The molecule has 0 radical (unpaired) electrons. The van der Waals surface area contributed by atoms with Crippen LogP contribution in [-0.2, 0) is 12.3 Å². The molecule has 2 aromatic heterocycles. The Balaban J connectivity index is 1.74. The van der Waals surface area contributed by atoms with Gasteiger partial charge >= 0.3 is 0 Å². The van der Waals surface area contributed by atoms with Crippen LogP contribution in [0, 0.1) is 0 Å². The summed E-state index contributed by atoms with van der Waals surface area (Å²) < 4.78 is 0. The number of aromatic nitrogens is 4. The molecule has 0 fully saturated rings. The lowest BCUT2D eigenvalue weighted by atomic mass is 9.91. The molecular weight excluding hydrogens is 550 g/mol. The summed E-state index contributed by atoms with van der Waals surface area (Å²) in [7, 11) is -1.38. The molecule has 0 aliphatic rings. The fraction of sp³-hybridized carbons (Fsp3) is 0.278. The van der Waals surface area contributed by atoms with Crippen LogP contribution >= 0.6 is 15.8 Å². The van der Waals surface area contributed by atoms with Crippen molar-refractivity contribution in [2.24, 2.45) is 0 Å². The number of hydrogen-bond donors (Lipinski definition) is 0. The van der Waals surface area contributed by atoms with Gasteiger partial charge in [0, 0.05) is 38.9 Å². The van der Waals surface area contributed by atoms with E-state index in [1.807, 2.05) is 36.9 Å². The van der Waals surface area contributed by atoms with Crippen molar-refractivity contribution in [3.63, 3.8) is 0 Å². The van der Waals surface area contributed by atoms with Gasteiger partial charge in [0.15, 0.2) is 11.1 Å². The van der Waals surface area contributed by atoms with Crippen molar-refractivity contribution in [3.05, 3.63) is 121 Å². The van der Waals surface area contributed by atoms with Crippen LogP contribution in [0.15, 0.2) is 110 Å². The summed E-state index contributed by atoms with van der Waals surface area (Å²) in [6, 6.07) is 30.2. The summed E-state index contributed by atoms with van der Waals surface area (Å²) in [5, 5.41) is 0.400. The molecule has 3 aromatic carbocycles. The molecule has 0 amide bonds. The number of rotatable bonds is 8. The first-order valence-electron chi connectivity index (χ1n) is 14.5. The van der Waals surface area contributed by atoms with Crippen molar-refractivity contribution < 1.29 is 0 Å². The first-order chi connectivity index (χ1) is 20.1. The van der Waals surface area contributed by atoms with Gasteiger partial charge in [0.05, 0.1) is 0 Å². The minimum Gasteiger partial charge on any atom is -0.237 e. The van der Waals surface area contributed by atoms with E-state index in [9.17, 15) is 0 Å². The van der Waals surface area contributed by atoms with E-state index >= 15 is 0 Å². The Hall–Kier alpha value is -3.32. The molecule has 0 bridgehead atoms. The highest BCUT2D eigenvalue weighted by molar-refractivity contribution is 7.71. The molecule has 0 unspecified atom stereocenters. The monoisotopic (exact) mass is 590 g/mol. The molecule has 4 nitrogen and oxygen atoms in total. The molecule has 0 aliphatic carbocycles. The average molecular weight is 591 g/mol. The van der Waals surface area contributed by atoms with Gasteiger partial charge in [-0.2, -0.15) is 0 Å². The van der Waals surface area contributed by atoms with Gasteiger partial charge in [-0.1, -0.05) is 110 Å². The van der Waals surface area contributed by atoms with Gasteiger partial charge in [-0.25, -0.2) is 19.9 Å². The topological polar surface area (TPSA) is 51.6 Å². The molecule has 0 N–H and O–H groups in total. The second kappa shape index (κ2) is 12.9. The van der Waals surface area contributed by atoms with Crippen LogP contribution in [0.2, 0.25) is 0 Å². The minimum absolute atomic E-state index is 0.200. The second-order valence-corrected chi connectivity index (χ2v) is 18.3. The van der Waals surface area contributed by atoms with Crippen LogP contribution in [0.25, 0.3) is 22.3 Å². The van der Waals surface area contributed by atoms with E-state index in [2.05, 4.69) is 114 Å². The average Bonchev–Trinajstić information content (AvgIpc) is 2.99. The smallest absolute Gasteiger partial charge is 0.158 e. The van der Waals surface area contributed by atoms with E-state index in [1.165, 1.54) is 33.4 Å². The van der Waals surface area contributed by atoms with Crippen molar-refractivity contribution in [2.45, 2.75) is 64.2 Å². The summed E-state index contributed by atoms with van der Waals surface area (Å²) in [5.41, 5.74) is 9.33. The molecule has 42 heavy (non-hydrogen) atoms. The maximum atomic E-state index is 4.71. The van der Waals surface area contributed by atoms with Gasteiger partial charge in [0.25, 0.3) is 0 Å². The van der Waals surface area contributed by atoms with Gasteiger partial charge in [0.1, 0.15) is 0 Å². The Bertz CT molecular complexity index is 1530. The van der Waals surface area contributed by atoms with Crippen LogP contribution in [0.1, 0.15) is 52.7 Å². The summed E-state index contributed by atoms with van der Waals surface area (Å²) >= 11 is 0. The van der Waals surface area contributed by atoms with Gasteiger partial charge in [-0.05, 0) is 74.1 Å². The zero-order valence-electron chi connectivity index (χ0n) is 25.5. The molecule has 6 heteroatoms. The van der Waals surface area contributed by atoms with E-state index in [1.54, 1.807) is 0 Å². The number of nitrogens with zero attached hydrogens (tertiary/aromatic N) is 4. The molecule has 0 aliphatic heterocycles. The molecule has 0 spiro atoms. The normalized spacial score (nSPS) is 12.2. The molecular formula is C36H40N4P2. The van der Waals surface area contributed by atoms with E-state index in [0.717, 1.165) is 23.5 Å². The van der Waals surface area contributed by atoms with Crippen molar-refractivity contribution in [1.29, 1.82) is 0 Å². The van der Waals surface area contributed by atoms with Crippen molar-refractivity contribution >= 4 is 27.0 Å². The zero-order chi connectivity index (χ0) is 29.7. The van der Waals surface area contributed by atoms with E-state index in [4.69, 9.17) is 19.9 Å². The lowest BCUT2D eigenvalue weighted by Crippen LogP contribution is -2.26. The van der Waals surface area contributed by atoms with E-state index in [-0.39, 0.29) is 18.2 Å². The molecule has 214 valence electrons. The summed E-state index contributed by atoms with van der Waals surface area (Å²) in [6.07, 6.45) is 9.13. The SMILES string of the molecule is CC(C)(C)P(Cc1cc(-c2ccccc2)c(-c2ccccc2)cc1CP(c1ncccn1)c1ncccn1)C(C)(C)C. The number of hydrogen-bond acceptors (Lipinski definition) is 4. The molecule has 2 heterocycles. The van der Waals surface area contributed by atoms with Crippen molar-refractivity contribution in [1.82, 2.24) is 19.9 Å². The third-order valence-corrected chi connectivity index (χ3v) is 13.4. The highest BCUT2D eigenvalue weighted by Crippen LogP contribution is 2.62. The fourth-order valence-electron chi connectivity index (χ4n) is 5.61. The highest BCUT2D eigenvalue weighted by Gasteiger charge is 2.35. The van der Waals surface area contributed by atoms with Gasteiger partial charge < -0.3 is 0 Å². The predicted molar refractivity (Wildman–Crippen MR) is 181 cm³/mol. The van der Waals surface area contributed by atoms with Gasteiger partial charge in [-0.3, -0.25) is 0 Å². The van der Waals surface area contributed by atoms with E-state index < -0.39 is 7.92 Å². The summed E-state index contributed by atoms with van der Waals surface area (Å²) in [5.74, 6) is 0. The molecule has 0 saturated heterocycles. The van der Waals surface area contributed by atoms with E-state index in [0.29, 0.717) is 0 Å². The maximum Gasteiger partial charge on any atom is 0.158 e. The first-order valence-corrected chi connectivity index (χ1v) is 17.5. The largest absolute Gasteiger partial charge is 0.237 e. The summed E-state index contributed by atoms with van der Waals surface area (Å²) in [4.78, 5) is 18.8. The van der Waals surface area contributed by atoms with Gasteiger partial charge in [0.2, 0.25) is 0 Å². The quantitative estimate of drug-likeness (QED) is 0.170. The molecule has 5 aromatic rings. The highest BCUT2D eigenvalue weighted by atomic mass is 31.1. The van der Waals surface area contributed by atoms with Crippen LogP contribution in [0.5, 0.6) is 0 Å². The Morgan fingerprint density at radius 3 is 1.26 bits per heavy atom.